The van der Waals surface area contributed by atoms with Gasteiger partial charge in [-0.2, -0.15) is 18.4 Å². The second kappa shape index (κ2) is 7.13. The average molecular weight is 315 g/mol. The molecule has 0 aliphatic rings. The lowest BCUT2D eigenvalue weighted by molar-refractivity contribution is -0.138. The van der Waals surface area contributed by atoms with Gasteiger partial charge in [-0.1, -0.05) is 17.8 Å². The summed E-state index contributed by atoms with van der Waals surface area (Å²) < 4.78 is 38.6. The van der Waals surface area contributed by atoms with Crippen LogP contribution in [0.1, 0.15) is 16.8 Å². The highest BCUT2D eigenvalue weighted by atomic mass is 32.2. The molecule has 0 atom stereocenters. The van der Waals surface area contributed by atoms with Crippen LogP contribution in [0.4, 0.5) is 13.2 Å². The molecule has 8 heteroatoms. The van der Waals surface area contributed by atoms with E-state index in [1.165, 1.54) is 19.1 Å². The molecule has 0 bridgehead atoms. The first-order chi connectivity index (χ1) is 9.79. The lowest BCUT2D eigenvalue weighted by Gasteiger charge is -2.12. The van der Waals surface area contributed by atoms with Crippen LogP contribution in [-0.4, -0.2) is 23.2 Å². The zero-order valence-electron chi connectivity index (χ0n) is 11.1. The molecule has 0 aromatic carbocycles. The Balaban J connectivity index is 3.02. The van der Waals surface area contributed by atoms with E-state index in [4.69, 9.17) is 5.26 Å². The molecule has 0 saturated heterocycles. The van der Waals surface area contributed by atoms with E-state index in [1.807, 2.05) is 0 Å². The van der Waals surface area contributed by atoms with Crippen molar-refractivity contribution in [2.45, 2.75) is 18.1 Å². The number of nitriles is 1. The quantitative estimate of drug-likeness (QED) is 0.670. The average Bonchev–Trinajstić information content (AvgIpc) is 2.41. The number of carbonyl (C=O) groups excluding carboxylic acids is 1. The number of hydrogen-bond donors (Lipinski definition) is 1. The van der Waals surface area contributed by atoms with Crippen molar-refractivity contribution < 1.29 is 18.0 Å². The van der Waals surface area contributed by atoms with E-state index in [0.717, 1.165) is 17.8 Å². The zero-order valence-corrected chi connectivity index (χ0v) is 11.9. The van der Waals surface area contributed by atoms with E-state index in [1.54, 1.807) is 0 Å². The van der Waals surface area contributed by atoms with Crippen LogP contribution in [0.15, 0.2) is 23.7 Å². The minimum atomic E-state index is -4.64. The van der Waals surface area contributed by atoms with Crippen molar-refractivity contribution in [1.82, 2.24) is 10.3 Å². The third kappa shape index (κ3) is 4.79. The Morgan fingerprint density at radius 3 is 2.81 bits per heavy atom. The number of amides is 1. The van der Waals surface area contributed by atoms with Crippen LogP contribution in [0.2, 0.25) is 0 Å². The second-order valence-corrected chi connectivity index (χ2v) is 4.95. The Morgan fingerprint density at radius 2 is 2.29 bits per heavy atom. The Hall–Kier alpha value is -2.01. The summed E-state index contributed by atoms with van der Waals surface area (Å²) in [5, 5.41) is 11.3. The molecule has 1 N–H and O–H groups in total. The van der Waals surface area contributed by atoms with E-state index in [-0.39, 0.29) is 28.9 Å². The van der Waals surface area contributed by atoms with Crippen molar-refractivity contribution in [2.75, 3.05) is 12.3 Å². The predicted octanol–water partition coefficient (Wildman–Crippen LogP) is 2.67. The van der Waals surface area contributed by atoms with E-state index in [0.29, 0.717) is 0 Å². The summed E-state index contributed by atoms with van der Waals surface area (Å²) in [7, 11) is 0. The summed E-state index contributed by atoms with van der Waals surface area (Å²) in [6.07, 6.45) is -3.16. The Bertz CT molecular complexity index is 594. The first-order valence-electron chi connectivity index (χ1n) is 5.79. The van der Waals surface area contributed by atoms with Crippen LogP contribution in [0.5, 0.6) is 0 Å². The molecule has 0 radical (unpaired) electrons. The van der Waals surface area contributed by atoms with E-state index in [9.17, 15) is 18.0 Å². The zero-order chi connectivity index (χ0) is 16.0. The number of halogens is 3. The number of carbonyl (C=O) groups is 1. The van der Waals surface area contributed by atoms with Gasteiger partial charge < -0.3 is 5.32 Å². The monoisotopic (exact) mass is 315 g/mol. The lowest BCUT2D eigenvalue weighted by atomic mass is 10.1. The SMILES string of the molecule is C=CCNC(=O)CSc1nc(C)cc(C(F)(F)F)c1C#N. The van der Waals surface area contributed by atoms with Gasteiger partial charge >= 0.3 is 6.18 Å². The van der Waals surface area contributed by atoms with E-state index in [2.05, 4.69) is 16.9 Å². The molecule has 0 aliphatic carbocycles. The fourth-order valence-corrected chi connectivity index (χ4v) is 2.33. The number of nitrogens with zero attached hydrogens (tertiary/aromatic N) is 2. The molecule has 1 aromatic heterocycles. The molecule has 0 saturated carbocycles. The van der Waals surface area contributed by atoms with Crippen molar-refractivity contribution in [3.05, 3.63) is 35.5 Å². The van der Waals surface area contributed by atoms with Gasteiger partial charge in [-0.05, 0) is 13.0 Å². The van der Waals surface area contributed by atoms with Crippen molar-refractivity contribution in [2.24, 2.45) is 0 Å². The van der Waals surface area contributed by atoms with Gasteiger partial charge in [-0.15, -0.1) is 6.58 Å². The van der Waals surface area contributed by atoms with Gasteiger partial charge in [0.15, 0.2) is 0 Å². The fraction of sp³-hybridized carbons (Fsp3) is 0.308. The molecule has 0 fully saturated rings. The minimum Gasteiger partial charge on any atom is -0.352 e. The first-order valence-corrected chi connectivity index (χ1v) is 6.77. The second-order valence-electron chi connectivity index (χ2n) is 3.98. The highest BCUT2D eigenvalue weighted by molar-refractivity contribution is 8.00. The first kappa shape index (κ1) is 17.0. The topological polar surface area (TPSA) is 65.8 Å². The molecule has 0 aliphatic heterocycles. The largest absolute Gasteiger partial charge is 0.417 e. The van der Waals surface area contributed by atoms with Crippen molar-refractivity contribution in [3.8, 4) is 6.07 Å². The molecule has 0 unspecified atom stereocenters. The fourth-order valence-electron chi connectivity index (χ4n) is 1.45. The number of aryl methyl sites for hydroxylation is 1. The summed E-state index contributed by atoms with van der Waals surface area (Å²) in [4.78, 5) is 15.3. The lowest BCUT2D eigenvalue weighted by Crippen LogP contribution is -2.25. The standard InChI is InChI=1S/C13H12F3N3OS/c1-3-4-18-11(20)7-21-12-9(6-17)10(13(14,15)16)5-8(2)19-12/h3,5H,1,4,7H2,2H3,(H,18,20). The summed E-state index contributed by atoms with van der Waals surface area (Å²) >= 11 is 0.795. The highest BCUT2D eigenvalue weighted by Gasteiger charge is 2.35. The summed E-state index contributed by atoms with van der Waals surface area (Å²) in [5.41, 5.74) is -1.46. The highest BCUT2D eigenvalue weighted by Crippen LogP contribution is 2.35. The Labute approximate surface area is 124 Å². The van der Waals surface area contributed by atoms with E-state index < -0.39 is 17.3 Å². The van der Waals surface area contributed by atoms with Gasteiger partial charge in [0.2, 0.25) is 5.91 Å². The molecular weight excluding hydrogens is 303 g/mol. The molecule has 1 heterocycles. The van der Waals surface area contributed by atoms with Crippen LogP contribution >= 0.6 is 11.8 Å². The smallest absolute Gasteiger partial charge is 0.352 e. The summed E-state index contributed by atoms with van der Waals surface area (Å²) in [5.74, 6) is -0.503. The Kier molecular flexibility index (Phi) is 5.79. The van der Waals surface area contributed by atoms with Crippen LogP contribution in [0.25, 0.3) is 0 Å². The van der Waals surface area contributed by atoms with Crippen molar-refractivity contribution in [1.29, 1.82) is 5.26 Å². The van der Waals surface area contributed by atoms with E-state index >= 15 is 0 Å². The number of alkyl halides is 3. The molecule has 21 heavy (non-hydrogen) atoms. The summed E-state index contributed by atoms with van der Waals surface area (Å²) in [6.45, 7) is 5.09. The van der Waals surface area contributed by atoms with Crippen LogP contribution < -0.4 is 5.32 Å². The van der Waals surface area contributed by atoms with Crippen LogP contribution in [0.3, 0.4) is 0 Å². The number of hydrogen-bond acceptors (Lipinski definition) is 4. The summed E-state index contributed by atoms with van der Waals surface area (Å²) in [6, 6.07) is 2.33. The molecule has 1 aromatic rings. The number of thioether (sulfide) groups is 1. The third-order valence-corrected chi connectivity index (χ3v) is 3.29. The van der Waals surface area contributed by atoms with Crippen LogP contribution in [-0.2, 0) is 11.0 Å². The molecular formula is C13H12F3N3OS. The molecule has 1 amide bonds. The molecule has 1 rings (SSSR count). The third-order valence-electron chi connectivity index (χ3n) is 2.32. The maximum Gasteiger partial charge on any atom is 0.417 e. The number of rotatable bonds is 5. The number of pyridine rings is 1. The number of nitrogens with one attached hydrogen (secondary N) is 1. The molecule has 4 nitrogen and oxygen atoms in total. The van der Waals surface area contributed by atoms with Crippen molar-refractivity contribution in [3.63, 3.8) is 0 Å². The van der Waals surface area contributed by atoms with Crippen molar-refractivity contribution >= 4 is 17.7 Å². The van der Waals surface area contributed by atoms with Gasteiger partial charge in [-0.3, -0.25) is 4.79 Å². The normalized spacial score (nSPS) is 10.8. The molecule has 0 spiro atoms. The van der Waals surface area contributed by atoms with Crippen LogP contribution in [0, 0.1) is 18.3 Å². The van der Waals surface area contributed by atoms with Gasteiger partial charge in [-0.25, -0.2) is 4.98 Å². The van der Waals surface area contributed by atoms with Gasteiger partial charge in [0.1, 0.15) is 11.1 Å². The van der Waals surface area contributed by atoms with Gasteiger partial charge in [0, 0.05) is 12.2 Å². The van der Waals surface area contributed by atoms with Gasteiger partial charge in [0.05, 0.1) is 16.9 Å². The minimum absolute atomic E-state index is 0.0985. The molecule has 112 valence electrons. The Morgan fingerprint density at radius 1 is 1.62 bits per heavy atom. The maximum atomic E-state index is 12.9. The predicted molar refractivity (Wildman–Crippen MR) is 72.6 cm³/mol. The maximum absolute atomic E-state index is 12.9. The number of aromatic nitrogens is 1. The van der Waals surface area contributed by atoms with Gasteiger partial charge in [0.25, 0.3) is 0 Å².